The molecule has 1 saturated carbocycles. The number of hydrazine groups is 1. The Kier molecular flexibility index (Phi) is 9.92. The van der Waals surface area contributed by atoms with Crippen molar-refractivity contribution in [2.75, 3.05) is 19.7 Å². The number of aliphatic hydroxyl groups excluding tert-OH is 1. The number of carbonyl (C=O) groups excluding carboxylic acids is 4. The van der Waals surface area contributed by atoms with Gasteiger partial charge >= 0.3 is 18.1 Å². The SMILES string of the molecule is C=CCCCCN(NC(=O)OC(C)(C)C)C(=O)N1C[C@H](O)C[C@H]1C(=O)N[C@]1(C(=O)OCC)C[C@H]1C=C. The maximum absolute atomic E-state index is 13.5. The van der Waals surface area contributed by atoms with Gasteiger partial charge in [0.25, 0.3) is 0 Å². The van der Waals surface area contributed by atoms with E-state index in [0.29, 0.717) is 12.8 Å². The predicted molar refractivity (Wildman–Crippen MR) is 132 cm³/mol. The summed E-state index contributed by atoms with van der Waals surface area (Å²) in [5.74, 6) is -1.43. The zero-order valence-corrected chi connectivity index (χ0v) is 21.7. The third-order valence-corrected chi connectivity index (χ3v) is 6.01. The van der Waals surface area contributed by atoms with E-state index in [1.165, 1.54) is 4.90 Å². The van der Waals surface area contributed by atoms with Crippen molar-refractivity contribution in [1.29, 1.82) is 0 Å². The number of unbranched alkanes of at least 4 members (excludes halogenated alkanes) is 2. The number of esters is 1. The van der Waals surface area contributed by atoms with Gasteiger partial charge in [-0.25, -0.2) is 24.8 Å². The van der Waals surface area contributed by atoms with Crippen LogP contribution in [0.2, 0.25) is 0 Å². The van der Waals surface area contributed by atoms with Crippen molar-refractivity contribution in [3.8, 4) is 0 Å². The van der Waals surface area contributed by atoms with Crippen LogP contribution in [0.3, 0.4) is 0 Å². The van der Waals surface area contributed by atoms with Gasteiger partial charge in [-0.15, -0.1) is 13.2 Å². The molecule has 2 aliphatic rings. The lowest BCUT2D eigenvalue weighted by molar-refractivity contribution is -0.149. The lowest BCUT2D eigenvalue weighted by Crippen LogP contribution is -2.58. The Bertz CT molecular complexity index is 856. The number of hydrogen-bond acceptors (Lipinski definition) is 7. The van der Waals surface area contributed by atoms with Crippen molar-refractivity contribution in [2.24, 2.45) is 5.92 Å². The van der Waals surface area contributed by atoms with Gasteiger partial charge in [0.15, 0.2) is 0 Å². The standard InChI is InChI=1S/C25H40N4O7/c1-7-10-11-12-13-29(27-22(33)36-24(4,5)6)23(34)28-16-18(30)14-19(28)20(31)26-25(15-17(25)8-2)21(32)35-9-3/h7-8,17-19,30H,1-2,9-16H2,3-6H3,(H,26,31)(H,27,33)/t17-,18-,19+,25-/m1/s1. The number of rotatable bonds is 10. The number of ether oxygens (including phenoxy) is 2. The Morgan fingerprint density at radius 3 is 2.47 bits per heavy atom. The molecule has 11 nitrogen and oxygen atoms in total. The molecule has 0 bridgehead atoms. The highest BCUT2D eigenvalue weighted by molar-refractivity contribution is 5.95. The van der Waals surface area contributed by atoms with Crippen LogP contribution in [0.25, 0.3) is 0 Å². The number of amides is 4. The molecule has 0 radical (unpaired) electrons. The van der Waals surface area contributed by atoms with Gasteiger partial charge in [-0.05, 0) is 53.4 Å². The molecule has 1 aliphatic carbocycles. The van der Waals surface area contributed by atoms with Crippen LogP contribution in [0, 0.1) is 5.92 Å². The molecule has 2 rings (SSSR count). The van der Waals surface area contributed by atoms with Crippen molar-refractivity contribution in [3.05, 3.63) is 25.3 Å². The smallest absolute Gasteiger partial charge is 0.426 e. The second-order valence-corrected chi connectivity index (χ2v) is 10.1. The molecule has 1 heterocycles. The van der Waals surface area contributed by atoms with Gasteiger partial charge in [0, 0.05) is 25.4 Å². The first kappa shape index (κ1) is 29.2. The highest BCUT2D eigenvalue weighted by atomic mass is 16.6. The van der Waals surface area contributed by atoms with E-state index in [0.717, 1.165) is 17.9 Å². The number of aliphatic hydroxyl groups is 1. The largest absolute Gasteiger partial charge is 0.464 e. The van der Waals surface area contributed by atoms with E-state index < -0.39 is 47.3 Å². The molecule has 0 spiro atoms. The van der Waals surface area contributed by atoms with E-state index in [2.05, 4.69) is 23.9 Å². The first-order valence-corrected chi connectivity index (χ1v) is 12.4. The third kappa shape index (κ3) is 7.46. The zero-order valence-electron chi connectivity index (χ0n) is 21.7. The van der Waals surface area contributed by atoms with Crippen LogP contribution in [0.15, 0.2) is 25.3 Å². The van der Waals surface area contributed by atoms with Gasteiger partial charge < -0.3 is 24.8 Å². The summed E-state index contributed by atoms with van der Waals surface area (Å²) in [6, 6.07) is -1.70. The fourth-order valence-corrected chi connectivity index (χ4v) is 4.16. The number of likely N-dealkylation sites (tertiary alicyclic amines) is 1. The third-order valence-electron chi connectivity index (χ3n) is 6.01. The molecule has 2 fully saturated rings. The van der Waals surface area contributed by atoms with Gasteiger partial charge in [0.2, 0.25) is 5.91 Å². The molecule has 0 aromatic heterocycles. The van der Waals surface area contributed by atoms with E-state index in [1.54, 1.807) is 39.8 Å². The summed E-state index contributed by atoms with van der Waals surface area (Å²) < 4.78 is 10.4. The maximum Gasteiger partial charge on any atom is 0.426 e. The van der Waals surface area contributed by atoms with Gasteiger partial charge in [-0.2, -0.15) is 0 Å². The summed E-state index contributed by atoms with van der Waals surface area (Å²) in [5.41, 5.74) is 0.465. The first-order chi connectivity index (χ1) is 16.9. The molecule has 0 unspecified atom stereocenters. The minimum Gasteiger partial charge on any atom is -0.464 e. The minimum atomic E-state index is -1.23. The number of allylic oxidation sites excluding steroid dienone is 1. The van der Waals surface area contributed by atoms with Gasteiger partial charge in [-0.3, -0.25) is 4.79 Å². The molecule has 4 amide bonds. The summed E-state index contributed by atoms with van der Waals surface area (Å²) in [6.45, 7) is 14.4. The summed E-state index contributed by atoms with van der Waals surface area (Å²) in [7, 11) is 0. The average Bonchev–Trinajstić information content (AvgIpc) is 3.36. The summed E-state index contributed by atoms with van der Waals surface area (Å²) in [5, 5.41) is 14.1. The van der Waals surface area contributed by atoms with Gasteiger partial charge in [0.1, 0.15) is 17.2 Å². The molecule has 1 aliphatic heterocycles. The number of β-amino-alcohol motifs (C(OH)–C–C–N with tert-alkyl or cyclic N) is 1. The predicted octanol–water partition coefficient (Wildman–Crippen LogP) is 2.26. The summed E-state index contributed by atoms with van der Waals surface area (Å²) in [6.07, 6.45) is 3.97. The maximum atomic E-state index is 13.5. The second-order valence-electron chi connectivity index (χ2n) is 10.1. The van der Waals surface area contributed by atoms with Gasteiger partial charge in [0.05, 0.1) is 12.7 Å². The molecule has 202 valence electrons. The van der Waals surface area contributed by atoms with Crippen molar-refractivity contribution >= 4 is 24.0 Å². The Hall–Kier alpha value is -3.08. The Labute approximate surface area is 212 Å². The lowest BCUT2D eigenvalue weighted by atomic mass is 10.1. The molecule has 3 N–H and O–H groups in total. The van der Waals surface area contributed by atoms with Crippen LogP contribution in [0.5, 0.6) is 0 Å². The highest BCUT2D eigenvalue weighted by Gasteiger charge is 2.62. The molecular formula is C25H40N4O7. The molecular weight excluding hydrogens is 468 g/mol. The number of nitrogens with one attached hydrogen (secondary N) is 2. The van der Waals surface area contributed by atoms with Crippen molar-refractivity contribution < 1.29 is 33.8 Å². The zero-order chi connectivity index (χ0) is 27.1. The number of urea groups is 1. The monoisotopic (exact) mass is 508 g/mol. The molecule has 0 aromatic rings. The van der Waals surface area contributed by atoms with E-state index in [9.17, 15) is 24.3 Å². The topological polar surface area (TPSA) is 138 Å². The van der Waals surface area contributed by atoms with Crippen LogP contribution in [-0.4, -0.2) is 82.0 Å². The van der Waals surface area contributed by atoms with Crippen LogP contribution in [0.4, 0.5) is 9.59 Å². The Morgan fingerprint density at radius 1 is 1.22 bits per heavy atom. The average molecular weight is 509 g/mol. The molecule has 1 saturated heterocycles. The second kappa shape index (κ2) is 12.2. The minimum absolute atomic E-state index is 0.00796. The van der Waals surface area contributed by atoms with E-state index >= 15 is 0 Å². The van der Waals surface area contributed by atoms with E-state index in [-0.39, 0.29) is 32.0 Å². The molecule has 4 atom stereocenters. The van der Waals surface area contributed by atoms with Crippen LogP contribution in [-0.2, 0) is 19.1 Å². The van der Waals surface area contributed by atoms with E-state index in [1.807, 2.05) is 0 Å². The molecule has 36 heavy (non-hydrogen) atoms. The Morgan fingerprint density at radius 2 is 1.92 bits per heavy atom. The quantitative estimate of drug-likeness (QED) is 0.178. The van der Waals surface area contributed by atoms with Crippen LogP contribution >= 0.6 is 0 Å². The highest BCUT2D eigenvalue weighted by Crippen LogP contribution is 2.45. The fraction of sp³-hybridized carbons (Fsp3) is 0.680. The fourth-order valence-electron chi connectivity index (χ4n) is 4.16. The number of nitrogens with zero attached hydrogens (tertiary/aromatic N) is 2. The number of carbonyl (C=O) groups is 4. The van der Waals surface area contributed by atoms with Gasteiger partial charge in [-0.1, -0.05) is 12.2 Å². The van der Waals surface area contributed by atoms with E-state index in [4.69, 9.17) is 9.47 Å². The number of hydrogen-bond donors (Lipinski definition) is 3. The lowest BCUT2D eigenvalue weighted by Gasteiger charge is -2.32. The Balaban J connectivity index is 2.19. The molecule has 0 aromatic carbocycles. The van der Waals surface area contributed by atoms with Crippen LogP contribution in [0.1, 0.15) is 59.8 Å². The van der Waals surface area contributed by atoms with Crippen LogP contribution < -0.4 is 10.7 Å². The van der Waals surface area contributed by atoms with Crippen molar-refractivity contribution in [2.45, 2.75) is 83.1 Å². The molecule has 11 heteroatoms. The summed E-state index contributed by atoms with van der Waals surface area (Å²) in [4.78, 5) is 52.9. The van der Waals surface area contributed by atoms with Crippen molar-refractivity contribution in [1.82, 2.24) is 20.7 Å². The first-order valence-electron chi connectivity index (χ1n) is 12.4. The van der Waals surface area contributed by atoms with Crippen molar-refractivity contribution in [3.63, 3.8) is 0 Å². The summed E-state index contributed by atoms with van der Waals surface area (Å²) >= 11 is 0. The normalized spacial score (nSPS) is 24.9.